The molecule has 1 atom stereocenters. The lowest BCUT2D eigenvalue weighted by Crippen LogP contribution is -2.17. The van der Waals surface area contributed by atoms with Gasteiger partial charge in [0.1, 0.15) is 11.9 Å². The molecule has 0 radical (unpaired) electrons. The molecule has 1 aliphatic carbocycles. The highest BCUT2D eigenvalue weighted by molar-refractivity contribution is 8.00. The van der Waals surface area contributed by atoms with Crippen LogP contribution in [0.1, 0.15) is 28.8 Å². The summed E-state index contributed by atoms with van der Waals surface area (Å²) in [6.07, 6.45) is 1.33. The second kappa shape index (κ2) is 5.53. The van der Waals surface area contributed by atoms with E-state index in [0.29, 0.717) is 30.9 Å². The fourth-order valence-electron chi connectivity index (χ4n) is 2.63. The molecule has 1 aliphatic heterocycles. The van der Waals surface area contributed by atoms with E-state index in [4.69, 9.17) is 9.47 Å². The number of carbonyl (C=O) groups excluding carboxylic acids is 1. The monoisotopic (exact) mass is 318 g/mol. The largest absolute Gasteiger partial charge is 0.488 e. The molecule has 0 N–H and O–H groups in total. The maximum atomic E-state index is 12.6. The quantitative estimate of drug-likeness (QED) is 0.798. The summed E-state index contributed by atoms with van der Waals surface area (Å²) in [5.74, 6) is 0.266. The Labute approximate surface area is 123 Å². The van der Waals surface area contributed by atoms with Gasteiger partial charge in [-0.1, -0.05) is 0 Å². The third-order valence-electron chi connectivity index (χ3n) is 3.52. The second-order valence-corrected chi connectivity index (χ2v) is 6.10. The highest BCUT2D eigenvalue weighted by atomic mass is 32.2. The van der Waals surface area contributed by atoms with E-state index in [0.717, 1.165) is 6.42 Å². The lowest BCUT2D eigenvalue weighted by molar-refractivity contribution is -0.0328. The van der Waals surface area contributed by atoms with Crippen LogP contribution in [0.3, 0.4) is 0 Å². The Kier molecular flexibility index (Phi) is 3.88. The summed E-state index contributed by atoms with van der Waals surface area (Å²) in [6, 6.07) is 2.86. The molecular weight excluding hydrogens is 305 g/mol. The van der Waals surface area contributed by atoms with Crippen molar-refractivity contribution in [3.8, 4) is 5.75 Å². The van der Waals surface area contributed by atoms with Gasteiger partial charge in [-0.25, -0.2) is 0 Å². The van der Waals surface area contributed by atoms with Crippen molar-refractivity contribution in [1.29, 1.82) is 0 Å². The number of halogens is 3. The van der Waals surface area contributed by atoms with Gasteiger partial charge in [-0.3, -0.25) is 4.79 Å². The molecule has 3 nitrogen and oxygen atoms in total. The Balaban J connectivity index is 1.92. The van der Waals surface area contributed by atoms with Crippen molar-refractivity contribution in [1.82, 2.24) is 0 Å². The van der Waals surface area contributed by atoms with Crippen molar-refractivity contribution < 1.29 is 27.4 Å². The molecular formula is C14H13F3O3S. The number of ether oxygens (including phenoxy) is 2. The zero-order valence-corrected chi connectivity index (χ0v) is 11.9. The van der Waals surface area contributed by atoms with Crippen LogP contribution < -0.4 is 4.74 Å². The molecule has 1 fully saturated rings. The van der Waals surface area contributed by atoms with E-state index in [2.05, 4.69) is 0 Å². The minimum atomic E-state index is -4.40. The van der Waals surface area contributed by atoms with Crippen LogP contribution >= 0.6 is 11.8 Å². The first-order valence-electron chi connectivity index (χ1n) is 6.63. The van der Waals surface area contributed by atoms with Crippen LogP contribution in [0.4, 0.5) is 13.2 Å². The summed E-state index contributed by atoms with van der Waals surface area (Å²) in [6.45, 7) is 1.09. The van der Waals surface area contributed by atoms with Gasteiger partial charge in [0.25, 0.3) is 0 Å². The first-order valence-corrected chi connectivity index (χ1v) is 7.45. The predicted molar refractivity (Wildman–Crippen MR) is 70.9 cm³/mol. The number of alkyl halides is 3. The zero-order valence-electron chi connectivity index (χ0n) is 11.0. The van der Waals surface area contributed by atoms with Gasteiger partial charge in [0.2, 0.25) is 0 Å². The molecule has 0 saturated carbocycles. The lowest BCUT2D eigenvalue weighted by atomic mass is 10.1. The number of hydrogen-bond donors (Lipinski definition) is 0. The Bertz CT molecular complexity index is 565. The molecule has 1 unspecified atom stereocenters. The number of rotatable bonds is 3. The number of fused-ring (bicyclic) bond motifs is 1. The number of benzene rings is 1. The summed E-state index contributed by atoms with van der Waals surface area (Å²) in [4.78, 5) is 11.9. The van der Waals surface area contributed by atoms with Crippen molar-refractivity contribution in [2.45, 2.75) is 35.8 Å². The summed E-state index contributed by atoms with van der Waals surface area (Å²) < 4.78 is 48.7. The van der Waals surface area contributed by atoms with Gasteiger partial charge in [-0.2, -0.15) is 13.2 Å². The molecule has 2 aliphatic rings. The number of Topliss-reactive ketones (excluding diaryl/α,β-unsaturated/α-hetero) is 1. The van der Waals surface area contributed by atoms with Crippen LogP contribution in [-0.2, 0) is 11.2 Å². The minimum Gasteiger partial charge on any atom is -0.488 e. The van der Waals surface area contributed by atoms with E-state index in [1.54, 1.807) is 0 Å². The second-order valence-electron chi connectivity index (χ2n) is 4.99. The smallest absolute Gasteiger partial charge is 0.446 e. The fourth-order valence-corrected chi connectivity index (χ4v) is 3.35. The topological polar surface area (TPSA) is 35.5 Å². The van der Waals surface area contributed by atoms with Crippen LogP contribution in [0.15, 0.2) is 17.0 Å². The molecule has 1 aromatic rings. The van der Waals surface area contributed by atoms with E-state index in [1.807, 2.05) is 0 Å². The number of ketones is 1. The molecule has 3 rings (SSSR count). The number of carbonyl (C=O) groups is 1. The Morgan fingerprint density at radius 2 is 2.10 bits per heavy atom. The van der Waals surface area contributed by atoms with E-state index < -0.39 is 5.51 Å². The fraction of sp³-hybridized carbons (Fsp3) is 0.500. The van der Waals surface area contributed by atoms with Crippen LogP contribution in [0.5, 0.6) is 5.75 Å². The van der Waals surface area contributed by atoms with Crippen molar-refractivity contribution in [3.05, 3.63) is 23.3 Å². The Morgan fingerprint density at radius 1 is 1.29 bits per heavy atom. The highest BCUT2D eigenvalue weighted by Crippen LogP contribution is 2.44. The molecule has 21 heavy (non-hydrogen) atoms. The van der Waals surface area contributed by atoms with Crippen LogP contribution in [0, 0.1) is 0 Å². The third kappa shape index (κ3) is 3.18. The first kappa shape index (κ1) is 14.7. The number of hydrogen-bond acceptors (Lipinski definition) is 4. The molecule has 1 saturated heterocycles. The van der Waals surface area contributed by atoms with Gasteiger partial charge in [0.15, 0.2) is 5.78 Å². The van der Waals surface area contributed by atoms with Crippen molar-refractivity contribution in [2.24, 2.45) is 0 Å². The predicted octanol–water partition coefficient (Wildman–Crippen LogP) is 3.60. The van der Waals surface area contributed by atoms with Crippen molar-refractivity contribution in [2.75, 3.05) is 13.2 Å². The lowest BCUT2D eigenvalue weighted by Gasteiger charge is -2.17. The average Bonchev–Trinajstić information content (AvgIpc) is 3.01. The maximum absolute atomic E-state index is 12.6. The zero-order chi connectivity index (χ0) is 15.0. The molecule has 0 bridgehead atoms. The molecule has 0 amide bonds. The molecule has 0 spiro atoms. The summed E-state index contributed by atoms with van der Waals surface area (Å²) in [5.41, 5.74) is -3.63. The van der Waals surface area contributed by atoms with Gasteiger partial charge < -0.3 is 9.47 Å². The van der Waals surface area contributed by atoms with Crippen LogP contribution in [0.25, 0.3) is 0 Å². The summed E-state index contributed by atoms with van der Waals surface area (Å²) in [5, 5.41) is 0. The SMILES string of the molecule is O=C1CCc2c(OC3CCOC3)ccc(SC(F)(F)F)c21. The van der Waals surface area contributed by atoms with Gasteiger partial charge in [-0.15, -0.1) is 0 Å². The number of thioether (sulfide) groups is 1. The first-order chi connectivity index (χ1) is 9.94. The standard InChI is InChI=1S/C14H13F3O3S/c15-14(16,17)21-12-4-3-11(20-8-5-6-19-7-8)9-1-2-10(18)13(9)12/h3-4,8H,1-2,5-7H2. The molecule has 0 aromatic heterocycles. The van der Waals surface area contributed by atoms with E-state index in [-0.39, 0.29) is 40.5 Å². The normalized spacial score (nSPS) is 21.7. The van der Waals surface area contributed by atoms with E-state index in [1.165, 1.54) is 12.1 Å². The van der Waals surface area contributed by atoms with Gasteiger partial charge in [-0.05, 0) is 30.3 Å². The summed E-state index contributed by atoms with van der Waals surface area (Å²) in [7, 11) is 0. The van der Waals surface area contributed by atoms with Gasteiger partial charge in [0, 0.05) is 28.9 Å². The molecule has 1 heterocycles. The van der Waals surface area contributed by atoms with Crippen LogP contribution in [0.2, 0.25) is 0 Å². The van der Waals surface area contributed by atoms with Crippen LogP contribution in [-0.4, -0.2) is 30.6 Å². The third-order valence-corrected chi connectivity index (χ3v) is 4.31. The molecule has 7 heteroatoms. The maximum Gasteiger partial charge on any atom is 0.446 e. The highest BCUT2D eigenvalue weighted by Gasteiger charge is 2.35. The summed E-state index contributed by atoms with van der Waals surface area (Å²) >= 11 is -0.240. The van der Waals surface area contributed by atoms with Crippen molar-refractivity contribution >= 4 is 17.5 Å². The van der Waals surface area contributed by atoms with E-state index >= 15 is 0 Å². The van der Waals surface area contributed by atoms with Gasteiger partial charge in [0.05, 0.1) is 13.2 Å². The average molecular weight is 318 g/mol. The Hall–Kier alpha value is -1.21. The van der Waals surface area contributed by atoms with E-state index in [9.17, 15) is 18.0 Å². The van der Waals surface area contributed by atoms with Gasteiger partial charge >= 0.3 is 5.51 Å². The Morgan fingerprint density at radius 3 is 2.76 bits per heavy atom. The van der Waals surface area contributed by atoms with Crippen molar-refractivity contribution in [3.63, 3.8) is 0 Å². The minimum absolute atomic E-state index is 0.0324. The molecule has 1 aromatic carbocycles. The molecule has 114 valence electrons.